The summed E-state index contributed by atoms with van der Waals surface area (Å²) in [5.74, 6) is 3.82. The van der Waals surface area contributed by atoms with Crippen LogP contribution in [0.15, 0.2) is 18.2 Å². The normalized spacial score (nSPS) is 38.8. The highest BCUT2D eigenvalue weighted by Crippen LogP contribution is 2.60. The number of rotatable bonds is 1. The van der Waals surface area contributed by atoms with E-state index in [-0.39, 0.29) is 0 Å². The molecular weight excluding hydrogens is 244 g/mol. The van der Waals surface area contributed by atoms with Crippen molar-refractivity contribution in [3.05, 3.63) is 29.3 Å². The van der Waals surface area contributed by atoms with E-state index < -0.39 is 0 Å². The molecule has 1 heteroatoms. The molecule has 3 aliphatic rings. The van der Waals surface area contributed by atoms with Crippen LogP contribution in [0.1, 0.15) is 62.5 Å². The van der Waals surface area contributed by atoms with Crippen molar-refractivity contribution in [1.82, 2.24) is 0 Å². The summed E-state index contributed by atoms with van der Waals surface area (Å²) in [4.78, 5) is 0. The van der Waals surface area contributed by atoms with Gasteiger partial charge in [-0.1, -0.05) is 19.4 Å². The minimum atomic E-state index is 0.672. The molecule has 0 aliphatic heterocycles. The first kappa shape index (κ1) is 12.7. The molecule has 0 radical (unpaired) electrons. The molecule has 1 aromatic carbocycles. The maximum absolute atomic E-state index is 5.40. The molecule has 20 heavy (non-hydrogen) atoms. The Hall–Kier alpha value is -0.980. The van der Waals surface area contributed by atoms with E-state index >= 15 is 0 Å². The van der Waals surface area contributed by atoms with Crippen molar-refractivity contribution in [2.75, 3.05) is 7.11 Å². The van der Waals surface area contributed by atoms with Crippen LogP contribution in [0.4, 0.5) is 0 Å². The topological polar surface area (TPSA) is 9.23 Å². The third-order valence-electron chi connectivity index (χ3n) is 6.71. The summed E-state index contributed by atoms with van der Waals surface area (Å²) in [6, 6.07) is 6.82. The molecule has 0 spiro atoms. The van der Waals surface area contributed by atoms with E-state index in [2.05, 4.69) is 25.1 Å². The van der Waals surface area contributed by atoms with Gasteiger partial charge in [0.25, 0.3) is 0 Å². The second kappa shape index (κ2) is 4.51. The fourth-order valence-electron chi connectivity index (χ4n) is 5.68. The summed E-state index contributed by atoms with van der Waals surface area (Å²) in [5.41, 5.74) is 3.88. The summed E-state index contributed by atoms with van der Waals surface area (Å²) >= 11 is 0. The van der Waals surface area contributed by atoms with Gasteiger partial charge in [-0.2, -0.15) is 0 Å². The smallest absolute Gasteiger partial charge is 0.119 e. The molecular formula is C19H26O. The highest BCUT2D eigenvalue weighted by atomic mass is 16.5. The molecule has 0 amide bonds. The van der Waals surface area contributed by atoms with E-state index in [9.17, 15) is 0 Å². The van der Waals surface area contributed by atoms with Gasteiger partial charge in [-0.15, -0.1) is 0 Å². The Balaban J connectivity index is 1.69. The molecule has 4 atom stereocenters. The molecule has 2 fully saturated rings. The number of hydrogen-bond acceptors (Lipinski definition) is 1. The van der Waals surface area contributed by atoms with Crippen molar-refractivity contribution >= 4 is 0 Å². The van der Waals surface area contributed by atoms with Gasteiger partial charge in [0.05, 0.1) is 7.11 Å². The lowest BCUT2D eigenvalue weighted by atomic mass is 9.56. The third-order valence-corrected chi connectivity index (χ3v) is 6.71. The molecule has 108 valence electrons. The van der Waals surface area contributed by atoms with Gasteiger partial charge in [-0.05, 0) is 85.0 Å². The van der Waals surface area contributed by atoms with E-state index in [1.807, 2.05) is 0 Å². The lowest BCUT2D eigenvalue weighted by molar-refractivity contribution is 0.0598. The van der Waals surface area contributed by atoms with Gasteiger partial charge >= 0.3 is 0 Å². The maximum Gasteiger partial charge on any atom is 0.119 e. The van der Waals surface area contributed by atoms with E-state index in [1.54, 1.807) is 18.2 Å². The highest BCUT2D eigenvalue weighted by molar-refractivity contribution is 5.40. The maximum atomic E-state index is 5.40. The van der Waals surface area contributed by atoms with Crippen LogP contribution in [0.3, 0.4) is 0 Å². The second-order valence-corrected chi connectivity index (χ2v) is 7.57. The van der Waals surface area contributed by atoms with Crippen LogP contribution in [0, 0.1) is 17.3 Å². The molecule has 1 nitrogen and oxygen atoms in total. The fourth-order valence-corrected chi connectivity index (χ4v) is 5.68. The van der Waals surface area contributed by atoms with Crippen LogP contribution >= 0.6 is 0 Å². The van der Waals surface area contributed by atoms with Gasteiger partial charge in [-0.3, -0.25) is 0 Å². The second-order valence-electron chi connectivity index (χ2n) is 7.57. The fraction of sp³-hybridized carbons (Fsp3) is 0.684. The van der Waals surface area contributed by atoms with Gasteiger partial charge in [-0.25, -0.2) is 0 Å². The van der Waals surface area contributed by atoms with E-state index in [1.165, 1.54) is 44.9 Å². The number of hydrogen-bond donors (Lipinski definition) is 0. The zero-order valence-corrected chi connectivity index (χ0v) is 12.8. The van der Waals surface area contributed by atoms with Crippen molar-refractivity contribution in [2.24, 2.45) is 17.3 Å². The Kier molecular flexibility index (Phi) is 2.87. The number of aryl methyl sites for hydroxylation is 1. The van der Waals surface area contributed by atoms with Crippen LogP contribution < -0.4 is 4.74 Å². The first-order valence-electron chi connectivity index (χ1n) is 8.38. The van der Waals surface area contributed by atoms with Gasteiger partial charge in [0.2, 0.25) is 0 Å². The van der Waals surface area contributed by atoms with Crippen molar-refractivity contribution in [3.8, 4) is 5.75 Å². The summed E-state index contributed by atoms with van der Waals surface area (Å²) in [6.07, 6.45) is 9.98. The third kappa shape index (κ3) is 1.75. The number of ether oxygens (including phenoxy) is 1. The van der Waals surface area contributed by atoms with Crippen LogP contribution in [0.25, 0.3) is 0 Å². The van der Waals surface area contributed by atoms with Crippen LogP contribution in [-0.2, 0) is 6.42 Å². The molecule has 2 saturated carbocycles. The average molecular weight is 270 g/mol. The predicted molar refractivity (Wildman–Crippen MR) is 82.2 cm³/mol. The molecule has 4 rings (SSSR count). The molecule has 0 saturated heterocycles. The molecule has 1 aromatic rings. The first-order chi connectivity index (χ1) is 9.71. The summed E-state index contributed by atoms with van der Waals surface area (Å²) in [7, 11) is 1.78. The number of methoxy groups -OCH3 is 1. The van der Waals surface area contributed by atoms with E-state index in [0.717, 1.165) is 23.5 Å². The largest absolute Gasteiger partial charge is 0.497 e. The first-order valence-corrected chi connectivity index (χ1v) is 8.38. The standard InChI is InChI=1S/C19H26O/c1-19-10-3-4-18(19)17-7-5-13-12-14(20-2)6-8-15(13)16(17)9-11-19/h6,8,12,16-18H,3-5,7,9-11H2,1-2H3. The van der Waals surface area contributed by atoms with Crippen LogP contribution in [0.2, 0.25) is 0 Å². The summed E-state index contributed by atoms with van der Waals surface area (Å²) in [5, 5.41) is 0. The Morgan fingerprint density at radius 3 is 2.90 bits per heavy atom. The lowest BCUT2D eigenvalue weighted by Crippen LogP contribution is -2.39. The van der Waals surface area contributed by atoms with Crippen molar-refractivity contribution in [2.45, 2.75) is 57.8 Å². The molecule has 3 aliphatic carbocycles. The Morgan fingerprint density at radius 1 is 1.15 bits per heavy atom. The van der Waals surface area contributed by atoms with Crippen molar-refractivity contribution < 1.29 is 4.74 Å². The monoisotopic (exact) mass is 270 g/mol. The highest BCUT2D eigenvalue weighted by Gasteiger charge is 2.50. The molecule has 0 N–H and O–H groups in total. The SMILES string of the molecule is COc1ccc2c(c1)CCC1C2CCC2(C)CCCC12. The predicted octanol–water partition coefficient (Wildman–Crippen LogP) is 4.94. The Labute approximate surface area is 122 Å². The molecule has 4 unspecified atom stereocenters. The van der Waals surface area contributed by atoms with Gasteiger partial charge in [0.15, 0.2) is 0 Å². The van der Waals surface area contributed by atoms with E-state index in [0.29, 0.717) is 5.41 Å². The Bertz CT molecular complexity index is 520. The zero-order chi connectivity index (χ0) is 13.7. The van der Waals surface area contributed by atoms with Crippen molar-refractivity contribution in [3.63, 3.8) is 0 Å². The summed E-state index contributed by atoms with van der Waals surface area (Å²) < 4.78 is 5.40. The molecule has 0 bridgehead atoms. The van der Waals surface area contributed by atoms with Crippen molar-refractivity contribution in [1.29, 1.82) is 0 Å². The minimum Gasteiger partial charge on any atom is -0.497 e. The van der Waals surface area contributed by atoms with E-state index in [4.69, 9.17) is 4.74 Å². The molecule has 0 aromatic heterocycles. The average Bonchev–Trinajstić information content (AvgIpc) is 2.88. The van der Waals surface area contributed by atoms with Gasteiger partial charge in [0.1, 0.15) is 5.75 Å². The van der Waals surface area contributed by atoms with Crippen LogP contribution in [0.5, 0.6) is 5.75 Å². The quantitative estimate of drug-likeness (QED) is 0.702. The van der Waals surface area contributed by atoms with Crippen LogP contribution in [-0.4, -0.2) is 7.11 Å². The zero-order valence-electron chi connectivity index (χ0n) is 12.8. The number of fused-ring (bicyclic) bond motifs is 5. The Morgan fingerprint density at radius 2 is 2.05 bits per heavy atom. The lowest BCUT2D eigenvalue weighted by Gasteiger charge is -2.49. The van der Waals surface area contributed by atoms with Gasteiger partial charge in [0, 0.05) is 0 Å². The number of benzene rings is 1. The minimum absolute atomic E-state index is 0.672. The molecule has 0 heterocycles. The van der Waals surface area contributed by atoms with Gasteiger partial charge < -0.3 is 4.74 Å². The summed E-state index contributed by atoms with van der Waals surface area (Å²) in [6.45, 7) is 2.57.